The molecule has 0 spiro atoms. The number of ether oxygens (including phenoxy) is 2. The first kappa shape index (κ1) is 30.0. The van der Waals surface area contributed by atoms with Gasteiger partial charge in [0.15, 0.2) is 0 Å². The predicted molar refractivity (Wildman–Crippen MR) is 160 cm³/mol. The van der Waals surface area contributed by atoms with Crippen LogP contribution in [0.25, 0.3) is 11.1 Å². The number of aliphatic carboxylic acids is 1. The van der Waals surface area contributed by atoms with E-state index in [4.69, 9.17) is 21.1 Å². The number of benzene rings is 3. The number of nitriles is 1. The summed E-state index contributed by atoms with van der Waals surface area (Å²) in [6.45, 7) is -0.483. The molecule has 0 saturated heterocycles. The van der Waals surface area contributed by atoms with Gasteiger partial charge in [-0.15, -0.1) is 0 Å². The molecule has 1 heterocycles. The minimum Gasteiger partial charge on any atom is -0.488 e. The molecule has 5 rings (SSSR count). The monoisotopic (exact) mass is 599 g/mol. The first-order chi connectivity index (χ1) is 20.9. The summed E-state index contributed by atoms with van der Waals surface area (Å²) in [4.78, 5) is 15.5. The summed E-state index contributed by atoms with van der Waals surface area (Å²) in [5, 5.41) is 41.0. The van der Waals surface area contributed by atoms with Crippen LogP contribution in [0.5, 0.6) is 11.5 Å². The van der Waals surface area contributed by atoms with E-state index in [0.29, 0.717) is 33.2 Å². The molecule has 0 unspecified atom stereocenters. The van der Waals surface area contributed by atoms with E-state index in [1.165, 1.54) is 6.20 Å². The van der Waals surface area contributed by atoms with Gasteiger partial charge in [0, 0.05) is 36.1 Å². The predicted octanol–water partition coefficient (Wildman–Crippen LogP) is 4.95. The first-order valence-corrected chi connectivity index (χ1v) is 14.1. The fourth-order valence-electron chi connectivity index (χ4n) is 5.26. The summed E-state index contributed by atoms with van der Waals surface area (Å²) in [6, 6.07) is 19.8. The number of nitrogens with zero attached hydrogens (tertiary/aromatic N) is 2. The van der Waals surface area contributed by atoms with Crippen molar-refractivity contribution >= 4 is 17.6 Å². The van der Waals surface area contributed by atoms with Gasteiger partial charge in [-0.05, 0) is 52.8 Å². The molecule has 4 N–H and O–H groups in total. The molecule has 1 aliphatic rings. The third kappa shape index (κ3) is 6.79. The van der Waals surface area contributed by atoms with Gasteiger partial charge in [-0.2, -0.15) is 5.26 Å². The maximum Gasteiger partial charge on any atom is 0.323 e. The van der Waals surface area contributed by atoms with Crippen molar-refractivity contribution < 1.29 is 29.6 Å². The Morgan fingerprint density at radius 3 is 2.65 bits per heavy atom. The first-order valence-electron chi connectivity index (χ1n) is 13.8. The third-order valence-corrected chi connectivity index (χ3v) is 7.71. The molecular formula is C33H30ClN3O6. The van der Waals surface area contributed by atoms with Gasteiger partial charge in [0.25, 0.3) is 0 Å². The molecule has 0 radical (unpaired) electrons. The smallest absolute Gasteiger partial charge is 0.323 e. The van der Waals surface area contributed by atoms with Gasteiger partial charge in [-0.1, -0.05) is 54.1 Å². The average Bonchev–Trinajstić information content (AvgIpc) is 3.44. The van der Waals surface area contributed by atoms with Crippen LogP contribution in [-0.2, 0) is 31.0 Å². The second kappa shape index (κ2) is 13.7. The van der Waals surface area contributed by atoms with E-state index in [2.05, 4.69) is 22.4 Å². The zero-order chi connectivity index (χ0) is 30.3. The lowest BCUT2D eigenvalue weighted by Gasteiger charge is -2.20. The van der Waals surface area contributed by atoms with Crippen molar-refractivity contribution in [1.29, 1.82) is 5.26 Å². The number of nitrogens with one attached hydrogen (secondary N) is 1. The molecule has 1 aromatic heterocycles. The van der Waals surface area contributed by atoms with Crippen molar-refractivity contribution in [2.24, 2.45) is 0 Å². The van der Waals surface area contributed by atoms with E-state index in [-0.39, 0.29) is 25.9 Å². The molecule has 0 fully saturated rings. The van der Waals surface area contributed by atoms with Crippen LogP contribution in [0.2, 0.25) is 5.02 Å². The largest absolute Gasteiger partial charge is 0.488 e. The van der Waals surface area contributed by atoms with Crippen LogP contribution in [-0.4, -0.2) is 38.9 Å². The van der Waals surface area contributed by atoms with Crippen LogP contribution >= 0.6 is 11.6 Å². The van der Waals surface area contributed by atoms with Gasteiger partial charge >= 0.3 is 5.97 Å². The standard InChI is InChI=1S/C33H30ClN3O6/c34-28-11-23(16-37-29(18-39)33(40)41)31(42-19-21-10-20(13-35)14-36-15-21)12-32(28)43-30-9-8-26-25(6-3-7-27(26)30)24-5-2-1-4-22(24)17-38/h1-7,10-12,14-15,29-30,37-39H,8-9,16-19H2,(H,40,41)/t29-,30-/m0/s1. The number of carboxylic acid groups (broad SMARTS) is 1. The summed E-state index contributed by atoms with van der Waals surface area (Å²) in [6.07, 6.45) is 4.31. The van der Waals surface area contributed by atoms with E-state index in [0.717, 1.165) is 40.7 Å². The number of aromatic nitrogens is 1. The van der Waals surface area contributed by atoms with Crippen LogP contribution in [0.15, 0.2) is 73.1 Å². The zero-order valence-corrected chi connectivity index (χ0v) is 23.9. The molecule has 0 amide bonds. The Morgan fingerprint density at radius 1 is 1.07 bits per heavy atom. The highest BCUT2D eigenvalue weighted by atomic mass is 35.5. The van der Waals surface area contributed by atoms with Crippen LogP contribution in [0.3, 0.4) is 0 Å². The Bertz CT molecular complexity index is 1670. The van der Waals surface area contributed by atoms with Gasteiger partial charge in [0.1, 0.15) is 36.3 Å². The van der Waals surface area contributed by atoms with Crippen molar-refractivity contribution in [3.63, 3.8) is 0 Å². The van der Waals surface area contributed by atoms with Gasteiger partial charge in [-0.3, -0.25) is 15.1 Å². The lowest BCUT2D eigenvalue weighted by atomic mass is 9.93. The molecule has 3 aromatic carbocycles. The molecule has 9 nitrogen and oxygen atoms in total. The highest BCUT2D eigenvalue weighted by Gasteiger charge is 2.28. The van der Waals surface area contributed by atoms with E-state index in [1.54, 1.807) is 24.4 Å². The van der Waals surface area contributed by atoms with Crippen LogP contribution in [0, 0.1) is 11.3 Å². The van der Waals surface area contributed by atoms with Crippen LogP contribution in [0.1, 0.15) is 45.9 Å². The molecule has 43 heavy (non-hydrogen) atoms. The number of hydrogen-bond acceptors (Lipinski definition) is 8. The second-order valence-corrected chi connectivity index (χ2v) is 10.6. The van der Waals surface area contributed by atoms with Crippen molar-refractivity contribution in [3.8, 4) is 28.7 Å². The number of aliphatic hydroxyl groups is 2. The summed E-state index contributed by atoms with van der Waals surface area (Å²) in [7, 11) is 0. The van der Waals surface area contributed by atoms with Crippen molar-refractivity contribution in [2.45, 2.75) is 44.7 Å². The topological polar surface area (TPSA) is 145 Å². The zero-order valence-electron chi connectivity index (χ0n) is 23.2. The van der Waals surface area contributed by atoms with E-state index >= 15 is 0 Å². The SMILES string of the molecule is N#Cc1cncc(COc2cc(O[C@H]3CCc4c(-c5ccccc5CO)cccc43)c(Cl)cc2CN[C@@H](CO)C(=O)O)c1. The Labute approximate surface area is 253 Å². The quantitative estimate of drug-likeness (QED) is 0.178. The van der Waals surface area contributed by atoms with Gasteiger partial charge in [0.2, 0.25) is 0 Å². The number of aliphatic hydroxyl groups excluding tert-OH is 2. The fraction of sp³-hybridized carbons (Fsp3) is 0.242. The number of fused-ring (bicyclic) bond motifs is 1. The number of pyridine rings is 1. The van der Waals surface area contributed by atoms with E-state index < -0.39 is 18.6 Å². The lowest BCUT2D eigenvalue weighted by molar-refractivity contribution is -0.140. The average molecular weight is 600 g/mol. The van der Waals surface area contributed by atoms with Gasteiger partial charge < -0.3 is 24.8 Å². The van der Waals surface area contributed by atoms with E-state index in [9.17, 15) is 25.4 Å². The number of carbonyl (C=O) groups is 1. The molecule has 0 saturated carbocycles. The molecule has 1 aliphatic carbocycles. The second-order valence-electron chi connectivity index (χ2n) is 10.2. The fourth-order valence-corrected chi connectivity index (χ4v) is 5.49. The van der Waals surface area contributed by atoms with Gasteiger partial charge in [0.05, 0.1) is 23.8 Å². The lowest BCUT2D eigenvalue weighted by Crippen LogP contribution is -2.39. The highest BCUT2D eigenvalue weighted by Crippen LogP contribution is 2.43. The third-order valence-electron chi connectivity index (χ3n) is 7.42. The van der Waals surface area contributed by atoms with Crippen molar-refractivity contribution in [2.75, 3.05) is 6.61 Å². The number of halogens is 1. The minimum atomic E-state index is -1.18. The minimum absolute atomic E-state index is 0.0538. The van der Waals surface area contributed by atoms with Crippen LogP contribution < -0.4 is 14.8 Å². The maximum atomic E-state index is 11.4. The molecule has 10 heteroatoms. The van der Waals surface area contributed by atoms with Crippen LogP contribution in [0.4, 0.5) is 0 Å². The Morgan fingerprint density at radius 2 is 1.88 bits per heavy atom. The summed E-state index contributed by atoms with van der Waals surface area (Å²) < 4.78 is 12.6. The van der Waals surface area contributed by atoms with Gasteiger partial charge in [-0.25, -0.2) is 0 Å². The molecule has 4 aromatic rings. The Kier molecular flexibility index (Phi) is 9.55. The highest BCUT2D eigenvalue weighted by molar-refractivity contribution is 6.32. The van der Waals surface area contributed by atoms with Crippen molar-refractivity contribution in [1.82, 2.24) is 10.3 Å². The molecular weight excluding hydrogens is 570 g/mol. The Balaban J connectivity index is 1.43. The number of rotatable bonds is 12. The maximum absolute atomic E-state index is 11.4. The number of carboxylic acids is 1. The summed E-state index contributed by atoms with van der Waals surface area (Å²) in [5.74, 6) is -0.378. The molecule has 0 bridgehead atoms. The summed E-state index contributed by atoms with van der Waals surface area (Å²) in [5.41, 5.74) is 6.76. The Hall–Kier alpha value is -4.46. The normalized spacial score (nSPS) is 14.5. The molecule has 0 aliphatic heterocycles. The van der Waals surface area contributed by atoms with E-state index in [1.807, 2.05) is 36.4 Å². The summed E-state index contributed by atoms with van der Waals surface area (Å²) >= 11 is 6.69. The number of hydrogen-bond donors (Lipinski definition) is 4. The molecule has 2 atom stereocenters. The van der Waals surface area contributed by atoms with Crippen molar-refractivity contribution in [3.05, 3.63) is 111 Å². The molecule has 220 valence electrons.